The van der Waals surface area contributed by atoms with Crippen molar-refractivity contribution in [2.45, 2.75) is 63.8 Å². The van der Waals surface area contributed by atoms with E-state index in [-0.39, 0.29) is 35.3 Å². The van der Waals surface area contributed by atoms with Crippen LogP contribution in [0.15, 0.2) is 28.7 Å². The zero-order valence-corrected chi connectivity index (χ0v) is 24.1. The summed E-state index contributed by atoms with van der Waals surface area (Å²) in [6.45, 7) is 6.67. The van der Waals surface area contributed by atoms with Gasteiger partial charge in [0.2, 0.25) is 5.78 Å². The van der Waals surface area contributed by atoms with Crippen molar-refractivity contribution in [2.24, 2.45) is 17.6 Å². The molecule has 11 heteroatoms. The normalized spacial score (nSPS) is 26.6. The molecular weight excluding hydrogens is 516 g/mol. The minimum atomic E-state index is -2.65. The van der Waals surface area contributed by atoms with Crippen LogP contribution in [-0.2, 0) is 22.6 Å². The SMILES string of the molecule is CCC(C)(C)NCc1cc(O)c2c(c1N(C)C)C[C@H]1C[C@H]3[C@H](N(C)C)C(O)=C(C(N)=O)C(=O)[C@@]3(O)C(O)=C1C2=O. The van der Waals surface area contributed by atoms with Crippen LogP contribution in [0.5, 0.6) is 5.75 Å². The van der Waals surface area contributed by atoms with Gasteiger partial charge in [0.05, 0.1) is 11.6 Å². The third-order valence-corrected chi connectivity index (χ3v) is 8.86. The second-order valence-corrected chi connectivity index (χ2v) is 12.2. The highest BCUT2D eigenvalue weighted by Crippen LogP contribution is 2.53. The fourth-order valence-electron chi connectivity index (χ4n) is 6.53. The number of nitrogens with zero attached hydrogens (tertiary/aromatic N) is 2. The van der Waals surface area contributed by atoms with Crippen molar-refractivity contribution in [3.8, 4) is 5.75 Å². The summed E-state index contributed by atoms with van der Waals surface area (Å²) >= 11 is 0. The van der Waals surface area contributed by atoms with Gasteiger partial charge in [0, 0.05) is 43.4 Å². The largest absolute Gasteiger partial charge is 0.510 e. The van der Waals surface area contributed by atoms with Gasteiger partial charge in [-0.1, -0.05) is 6.92 Å². The number of hydrogen-bond donors (Lipinski definition) is 6. The summed E-state index contributed by atoms with van der Waals surface area (Å²) in [6, 6.07) is 0.502. The van der Waals surface area contributed by atoms with Crippen LogP contribution in [0.1, 0.15) is 55.1 Å². The number of benzene rings is 1. The van der Waals surface area contributed by atoms with Crippen LogP contribution in [0.3, 0.4) is 0 Å². The number of hydrogen-bond acceptors (Lipinski definition) is 10. The number of aliphatic hydroxyl groups excluding tert-OH is 2. The number of phenolic OH excluding ortho intramolecular Hbond substituents is 1. The molecule has 4 rings (SSSR count). The molecular formula is C29H40N4O7. The Kier molecular flexibility index (Phi) is 7.32. The standard InChI is InChI=1S/C29H40N4O7/c1-8-28(2,3)31-12-14-11-17(34)19-15(21(14)32(4)5)9-13-10-16-22(33(6)7)24(36)20(27(30)39)26(38)29(16,40)25(37)18(13)23(19)35/h11,13,16,22,31,34,36-37,40H,8-10,12H2,1-7H3,(H2,30,39)/t13-,16-,22-,29-/m0/s1. The highest BCUT2D eigenvalue weighted by molar-refractivity contribution is 6.24. The minimum absolute atomic E-state index is 0.00276. The van der Waals surface area contributed by atoms with Crippen molar-refractivity contribution >= 4 is 23.2 Å². The van der Waals surface area contributed by atoms with Gasteiger partial charge in [-0.05, 0) is 70.3 Å². The van der Waals surface area contributed by atoms with Crippen molar-refractivity contribution < 1.29 is 34.8 Å². The van der Waals surface area contributed by atoms with Crippen LogP contribution in [-0.4, -0.2) is 88.2 Å². The minimum Gasteiger partial charge on any atom is -0.510 e. The van der Waals surface area contributed by atoms with E-state index in [2.05, 4.69) is 26.1 Å². The molecule has 0 bridgehead atoms. The number of aromatic hydroxyl groups is 1. The molecule has 1 aromatic carbocycles. The van der Waals surface area contributed by atoms with E-state index in [1.165, 1.54) is 11.0 Å². The molecule has 0 radical (unpaired) electrons. The van der Waals surface area contributed by atoms with Gasteiger partial charge in [-0.3, -0.25) is 19.3 Å². The summed E-state index contributed by atoms with van der Waals surface area (Å²) in [4.78, 5) is 42.9. The number of nitrogens with one attached hydrogen (secondary N) is 1. The molecule has 0 heterocycles. The summed E-state index contributed by atoms with van der Waals surface area (Å²) < 4.78 is 0. The van der Waals surface area contributed by atoms with Crippen molar-refractivity contribution in [2.75, 3.05) is 33.1 Å². The molecule has 0 saturated carbocycles. The molecule has 0 spiro atoms. The van der Waals surface area contributed by atoms with Crippen molar-refractivity contribution in [3.63, 3.8) is 0 Å². The lowest BCUT2D eigenvalue weighted by molar-refractivity contribution is -0.148. The summed E-state index contributed by atoms with van der Waals surface area (Å²) in [5.41, 5.74) is 3.75. The van der Waals surface area contributed by atoms with Gasteiger partial charge < -0.3 is 36.4 Å². The molecule has 1 amide bonds. The lowest BCUT2D eigenvalue weighted by Gasteiger charge is -2.50. The second-order valence-electron chi connectivity index (χ2n) is 12.2. The number of rotatable bonds is 7. The maximum Gasteiger partial charge on any atom is 0.255 e. The Hall–Kier alpha value is -3.41. The van der Waals surface area contributed by atoms with E-state index >= 15 is 0 Å². The Bertz CT molecular complexity index is 1360. The molecule has 0 aliphatic heterocycles. The molecule has 3 aliphatic rings. The number of carbonyl (C=O) groups is 3. The number of primary amides is 1. The maximum absolute atomic E-state index is 14.0. The Labute approximate surface area is 233 Å². The molecule has 0 saturated heterocycles. The van der Waals surface area contributed by atoms with E-state index in [0.717, 1.165) is 17.7 Å². The Morgan fingerprint density at radius 2 is 1.80 bits per heavy atom. The molecule has 218 valence electrons. The molecule has 40 heavy (non-hydrogen) atoms. The number of anilines is 1. The Morgan fingerprint density at radius 3 is 2.33 bits per heavy atom. The molecule has 0 aromatic heterocycles. The molecule has 3 aliphatic carbocycles. The van der Waals surface area contributed by atoms with Crippen LogP contribution in [0.2, 0.25) is 0 Å². The van der Waals surface area contributed by atoms with E-state index < -0.39 is 58.0 Å². The summed E-state index contributed by atoms with van der Waals surface area (Å²) in [5.74, 6) is -6.60. The highest BCUT2D eigenvalue weighted by atomic mass is 16.3. The van der Waals surface area contributed by atoms with E-state index in [0.29, 0.717) is 12.1 Å². The smallest absolute Gasteiger partial charge is 0.255 e. The number of ketones is 2. The quantitative estimate of drug-likeness (QED) is 0.270. The number of likely N-dealkylation sites (N-methyl/N-ethyl adjacent to an activating group) is 1. The first-order valence-electron chi connectivity index (χ1n) is 13.4. The fourth-order valence-corrected chi connectivity index (χ4v) is 6.53. The summed E-state index contributed by atoms with van der Waals surface area (Å²) in [6.07, 6.45) is 1.16. The van der Waals surface area contributed by atoms with Gasteiger partial charge in [-0.2, -0.15) is 0 Å². The molecule has 4 atom stereocenters. The van der Waals surface area contributed by atoms with Crippen LogP contribution >= 0.6 is 0 Å². The number of nitrogens with two attached hydrogens (primary N) is 1. The monoisotopic (exact) mass is 556 g/mol. The van der Waals surface area contributed by atoms with Crippen LogP contribution < -0.4 is 16.0 Å². The summed E-state index contributed by atoms with van der Waals surface area (Å²) in [5, 5.41) is 48.7. The average Bonchev–Trinajstić information content (AvgIpc) is 2.84. The second kappa shape index (κ2) is 9.90. The third-order valence-electron chi connectivity index (χ3n) is 8.86. The molecule has 1 aromatic rings. The summed E-state index contributed by atoms with van der Waals surface area (Å²) in [7, 11) is 6.91. The van der Waals surface area contributed by atoms with Gasteiger partial charge in [0.15, 0.2) is 11.4 Å². The predicted octanol–water partition coefficient (Wildman–Crippen LogP) is 1.46. The molecule has 11 nitrogen and oxygen atoms in total. The van der Waals surface area contributed by atoms with E-state index in [1.807, 2.05) is 19.0 Å². The van der Waals surface area contributed by atoms with Crippen LogP contribution in [0, 0.1) is 11.8 Å². The van der Waals surface area contributed by atoms with E-state index in [1.54, 1.807) is 14.1 Å². The van der Waals surface area contributed by atoms with Gasteiger partial charge in [-0.25, -0.2) is 0 Å². The number of Topliss-reactive ketones (excluding diaryl/α,β-unsaturated/α-hetero) is 2. The Balaban J connectivity index is 1.91. The zero-order chi connectivity index (χ0) is 30.1. The number of allylic oxidation sites excluding steroid dienone is 1. The lowest BCUT2D eigenvalue weighted by atomic mass is 9.58. The number of phenols is 1. The van der Waals surface area contributed by atoms with Gasteiger partial charge in [-0.15, -0.1) is 0 Å². The first-order chi connectivity index (χ1) is 18.5. The molecule has 0 unspecified atom stereocenters. The van der Waals surface area contributed by atoms with Gasteiger partial charge in [0.25, 0.3) is 5.91 Å². The topological polar surface area (TPSA) is 177 Å². The number of fused-ring (bicyclic) bond motifs is 3. The van der Waals surface area contributed by atoms with Crippen molar-refractivity contribution in [1.29, 1.82) is 0 Å². The number of carbonyl (C=O) groups excluding carboxylic acids is 3. The maximum atomic E-state index is 14.0. The first kappa shape index (κ1) is 29.6. The number of aliphatic hydroxyl groups is 3. The van der Waals surface area contributed by atoms with E-state index in [9.17, 15) is 34.8 Å². The predicted molar refractivity (Wildman–Crippen MR) is 149 cm³/mol. The Morgan fingerprint density at radius 1 is 1.18 bits per heavy atom. The number of amides is 1. The van der Waals surface area contributed by atoms with Crippen molar-refractivity contribution in [1.82, 2.24) is 10.2 Å². The van der Waals surface area contributed by atoms with E-state index in [4.69, 9.17) is 5.73 Å². The van der Waals surface area contributed by atoms with Crippen molar-refractivity contribution in [3.05, 3.63) is 45.4 Å². The van der Waals surface area contributed by atoms with Gasteiger partial charge >= 0.3 is 0 Å². The first-order valence-corrected chi connectivity index (χ1v) is 13.4. The molecule has 7 N–H and O–H groups in total. The fraction of sp³-hybridized carbons (Fsp3) is 0.552. The van der Waals surface area contributed by atoms with Gasteiger partial charge in [0.1, 0.15) is 22.8 Å². The third kappa shape index (κ3) is 4.27. The molecule has 0 fully saturated rings. The van der Waals surface area contributed by atoms with Crippen LogP contribution in [0.25, 0.3) is 0 Å². The van der Waals surface area contributed by atoms with Crippen LogP contribution in [0.4, 0.5) is 5.69 Å². The zero-order valence-electron chi connectivity index (χ0n) is 24.1. The lowest BCUT2D eigenvalue weighted by Crippen LogP contribution is -2.63. The highest BCUT2D eigenvalue weighted by Gasteiger charge is 2.63. The average molecular weight is 557 g/mol.